The predicted molar refractivity (Wildman–Crippen MR) is 123 cm³/mol. The fourth-order valence-corrected chi connectivity index (χ4v) is 4.47. The van der Waals surface area contributed by atoms with Crippen LogP contribution in [0.3, 0.4) is 0 Å². The normalized spacial score (nSPS) is 11.1. The monoisotopic (exact) mass is 451 g/mol. The Labute approximate surface area is 186 Å². The fraction of sp³-hybridized carbons (Fsp3) is 0.217. The minimum atomic E-state index is -1.09. The number of benzene rings is 1. The number of aromatic amines is 1. The molecule has 0 aliphatic heterocycles. The molecule has 0 fully saturated rings. The summed E-state index contributed by atoms with van der Waals surface area (Å²) in [5, 5.41) is 9.76. The Morgan fingerprint density at radius 3 is 2.66 bits per heavy atom. The molecule has 0 bridgehead atoms. The number of hydrogen-bond acceptors (Lipinski definition) is 6. The molecule has 1 aromatic carbocycles. The first kappa shape index (κ1) is 21.5. The molecule has 0 spiro atoms. The van der Waals surface area contributed by atoms with Crippen molar-refractivity contribution in [2.75, 3.05) is 6.61 Å². The van der Waals surface area contributed by atoms with Crippen molar-refractivity contribution >= 4 is 27.5 Å². The lowest BCUT2D eigenvalue weighted by Crippen LogP contribution is -2.25. The van der Waals surface area contributed by atoms with Crippen molar-refractivity contribution in [1.82, 2.24) is 14.5 Å². The van der Waals surface area contributed by atoms with Crippen molar-refractivity contribution in [2.24, 2.45) is 0 Å². The standard InChI is InChI=1S/C23H21N3O5S/c1-3-9-31-17-11-24-15(10-16(17)27)12-26-20(14-7-5-4-6-8-14)25-21-18(22(26)28)13(2)19(32-21)23(29)30/h4-8,10-11H,3,9,12H2,1-2H3,(H,24,27)(H,29,30). The molecule has 0 aliphatic rings. The van der Waals surface area contributed by atoms with E-state index in [-0.39, 0.29) is 33.5 Å². The molecule has 0 unspecified atom stereocenters. The molecule has 0 aliphatic carbocycles. The largest absolute Gasteiger partial charge is 0.488 e. The number of carboxylic acid groups (broad SMARTS) is 1. The maximum Gasteiger partial charge on any atom is 0.346 e. The van der Waals surface area contributed by atoms with Crippen LogP contribution in [0.15, 0.2) is 52.2 Å². The molecule has 0 saturated heterocycles. The van der Waals surface area contributed by atoms with Crippen LogP contribution in [-0.2, 0) is 6.54 Å². The number of H-pyrrole nitrogens is 1. The molecule has 0 saturated carbocycles. The van der Waals surface area contributed by atoms with Crippen molar-refractivity contribution in [3.05, 3.63) is 79.3 Å². The van der Waals surface area contributed by atoms with Crippen molar-refractivity contribution in [3.63, 3.8) is 0 Å². The van der Waals surface area contributed by atoms with Crippen LogP contribution >= 0.6 is 11.3 Å². The summed E-state index contributed by atoms with van der Waals surface area (Å²) in [6, 6.07) is 10.6. The summed E-state index contributed by atoms with van der Waals surface area (Å²) in [4.78, 5) is 45.6. The van der Waals surface area contributed by atoms with Crippen molar-refractivity contribution < 1.29 is 14.6 Å². The van der Waals surface area contributed by atoms with Crippen LogP contribution < -0.4 is 15.7 Å². The molecule has 8 nitrogen and oxygen atoms in total. The van der Waals surface area contributed by atoms with Gasteiger partial charge in [0.25, 0.3) is 5.56 Å². The highest BCUT2D eigenvalue weighted by atomic mass is 32.1. The third-order valence-electron chi connectivity index (χ3n) is 5.00. The van der Waals surface area contributed by atoms with E-state index < -0.39 is 5.97 Å². The van der Waals surface area contributed by atoms with Gasteiger partial charge < -0.3 is 14.8 Å². The number of ether oxygens (including phenoxy) is 1. The molecule has 32 heavy (non-hydrogen) atoms. The van der Waals surface area contributed by atoms with Crippen LogP contribution in [0.4, 0.5) is 0 Å². The third-order valence-corrected chi connectivity index (χ3v) is 6.18. The van der Waals surface area contributed by atoms with E-state index in [1.807, 2.05) is 37.3 Å². The Bertz CT molecular complexity index is 1420. The number of fused-ring (bicyclic) bond motifs is 1. The van der Waals surface area contributed by atoms with E-state index in [4.69, 9.17) is 4.74 Å². The number of aromatic nitrogens is 3. The average molecular weight is 452 g/mol. The van der Waals surface area contributed by atoms with E-state index in [1.165, 1.54) is 16.8 Å². The smallest absolute Gasteiger partial charge is 0.346 e. The highest BCUT2D eigenvalue weighted by molar-refractivity contribution is 7.20. The van der Waals surface area contributed by atoms with Gasteiger partial charge in [0.05, 0.1) is 18.5 Å². The summed E-state index contributed by atoms with van der Waals surface area (Å²) in [6.45, 7) is 4.06. The summed E-state index contributed by atoms with van der Waals surface area (Å²) in [5.41, 5.74) is 0.961. The third kappa shape index (κ3) is 3.94. The zero-order valence-electron chi connectivity index (χ0n) is 17.5. The van der Waals surface area contributed by atoms with Gasteiger partial charge in [0.15, 0.2) is 5.75 Å². The molecule has 9 heteroatoms. The highest BCUT2D eigenvalue weighted by Gasteiger charge is 2.22. The summed E-state index contributed by atoms with van der Waals surface area (Å²) >= 11 is 0.984. The van der Waals surface area contributed by atoms with Gasteiger partial charge >= 0.3 is 5.97 Å². The zero-order valence-corrected chi connectivity index (χ0v) is 18.4. The number of aryl methyl sites for hydroxylation is 1. The first-order valence-corrected chi connectivity index (χ1v) is 10.9. The molecule has 4 rings (SSSR count). The van der Waals surface area contributed by atoms with E-state index in [2.05, 4.69) is 9.97 Å². The van der Waals surface area contributed by atoms with Gasteiger partial charge in [0.2, 0.25) is 5.43 Å². The van der Waals surface area contributed by atoms with Gasteiger partial charge in [0.1, 0.15) is 15.5 Å². The summed E-state index contributed by atoms with van der Waals surface area (Å²) in [5.74, 6) is -0.474. The summed E-state index contributed by atoms with van der Waals surface area (Å²) < 4.78 is 6.89. The second kappa shape index (κ2) is 8.80. The van der Waals surface area contributed by atoms with E-state index in [0.29, 0.717) is 34.1 Å². The van der Waals surface area contributed by atoms with E-state index in [0.717, 1.165) is 17.8 Å². The maximum atomic E-state index is 13.5. The fourth-order valence-electron chi connectivity index (χ4n) is 3.46. The number of nitrogens with zero attached hydrogens (tertiary/aromatic N) is 2. The molecular formula is C23H21N3O5S. The minimum Gasteiger partial charge on any atom is -0.488 e. The number of pyridine rings is 1. The lowest BCUT2D eigenvalue weighted by molar-refractivity contribution is 0.0701. The Hall–Kier alpha value is -3.72. The Morgan fingerprint density at radius 1 is 1.25 bits per heavy atom. The Kier molecular flexibility index (Phi) is 5.91. The average Bonchev–Trinajstić information content (AvgIpc) is 3.12. The van der Waals surface area contributed by atoms with Crippen LogP contribution in [0, 0.1) is 6.92 Å². The number of thiophene rings is 1. The van der Waals surface area contributed by atoms with Crippen LogP contribution in [0.25, 0.3) is 21.6 Å². The highest BCUT2D eigenvalue weighted by Crippen LogP contribution is 2.29. The molecule has 3 heterocycles. The van der Waals surface area contributed by atoms with Crippen LogP contribution in [0.2, 0.25) is 0 Å². The van der Waals surface area contributed by atoms with Gasteiger partial charge in [-0.15, -0.1) is 11.3 Å². The molecule has 0 radical (unpaired) electrons. The van der Waals surface area contributed by atoms with Gasteiger partial charge in [-0.05, 0) is 18.9 Å². The SMILES string of the molecule is CCCOc1c[nH]c(Cn2c(-c3ccccc3)nc3sc(C(=O)O)c(C)c3c2=O)cc1=O. The molecule has 3 aromatic heterocycles. The number of hydrogen-bond donors (Lipinski definition) is 2. The number of nitrogens with one attached hydrogen (secondary N) is 1. The topological polar surface area (TPSA) is 114 Å². The molecule has 0 atom stereocenters. The number of carboxylic acids is 1. The molecule has 2 N–H and O–H groups in total. The first-order chi connectivity index (χ1) is 15.4. The number of rotatable bonds is 7. The molecule has 0 amide bonds. The molecular weight excluding hydrogens is 430 g/mol. The Balaban J connectivity index is 1.89. The molecule has 164 valence electrons. The van der Waals surface area contributed by atoms with Gasteiger partial charge in [-0.2, -0.15) is 0 Å². The van der Waals surface area contributed by atoms with Crippen LogP contribution in [-0.4, -0.2) is 32.2 Å². The second-order valence-corrected chi connectivity index (χ2v) is 8.27. The van der Waals surface area contributed by atoms with Gasteiger partial charge in [-0.3, -0.25) is 14.2 Å². The van der Waals surface area contributed by atoms with Crippen molar-refractivity contribution in [3.8, 4) is 17.1 Å². The van der Waals surface area contributed by atoms with E-state index in [1.54, 1.807) is 6.92 Å². The van der Waals surface area contributed by atoms with Gasteiger partial charge in [-0.1, -0.05) is 37.3 Å². The zero-order chi connectivity index (χ0) is 22.8. The lowest BCUT2D eigenvalue weighted by atomic mass is 10.1. The number of carbonyl (C=O) groups is 1. The van der Waals surface area contributed by atoms with E-state index in [9.17, 15) is 19.5 Å². The summed E-state index contributed by atoms with van der Waals surface area (Å²) in [7, 11) is 0. The predicted octanol–water partition coefficient (Wildman–Crippen LogP) is 3.66. The molecule has 4 aromatic rings. The minimum absolute atomic E-state index is 0.0625. The van der Waals surface area contributed by atoms with Gasteiger partial charge in [-0.25, -0.2) is 9.78 Å². The lowest BCUT2D eigenvalue weighted by Gasteiger charge is -2.13. The maximum absolute atomic E-state index is 13.5. The van der Waals surface area contributed by atoms with Crippen LogP contribution in [0.5, 0.6) is 5.75 Å². The number of aromatic carboxylic acids is 1. The van der Waals surface area contributed by atoms with Crippen molar-refractivity contribution in [1.29, 1.82) is 0 Å². The van der Waals surface area contributed by atoms with Crippen LogP contribution in [0.1, 0.15) is 34.3 Å². The van der Waals surface area contributed by atoms with E-state index >= 15 is 0 Å². The first-order valence-electron chi connectivity index (χ1n) is 10.1. The Morgan fingerprint density at radius 2 is 2.00 bits per heavy atom. The van der Waals surface area contributed by atoms with Gasteiger partial charge in [0, 0.05) is 23.5 Å². The van der Waals surface area contributed by atoms with Crippen molar-refractivity contribution in [2.45, 2.75) is 26.8 Å². The summed E-state index contributed by atoms with van der Waals surface area (Å²) in [6.07, 6.45) is 2.27. The second-order valence-electron chi connectivity index (χ2n) is 7.27. The quantitative estimate of drug-likeness (QED) is 0.443.